The number of ether oxygens (including phenoxy) is 2. The van der Waals surface area contributed by atoms with Gasteiger partial charge in [0.15, 0.2) is 11.5 Å². The van der Waals surface area contributed by atoms with E-state index in [9.17, 15) is 4.79 Å². The van der Waals surface area contributed by atoms with Gasteiger partial charge in [-0.1, -0.05) is 0 Å². The molecule has 2 aromatic rings. The highest BCUT2D eigenvalue weighted by Gasteiger charge is 2.26. The van der Waals surface area contributed by atoms with Crippen molar-refractivity contribution in [3.8, 4) is 11.5 Å². The van der Waals surface area contributed by atoms with Crippen LogP contribution in [0.25, 0.3) is 0 Å². The summed E-state index contributed by atoms with van der Waals surface area (Å²) in [5.74, 6) is 1.25. The Bertz CT molecular complexity index is 790. The lowest BCUT2D eigenvalue weighted by Gasteiger charge is -2.09. The fourth-order valence-corrected chi connectivity index (χ4v) is 3.44. The highest BCUT2D eigenvalue weighted by Crippen LogP contribution is 2.38. The van der Waals surface area contributed by atoms with E-state index in [4.69, 9.17) is 9.47 Å². The molecule has 24 heavy (non-hydrogen) atoms. The average molecular weight is 326 g/mol. The number of aryl methyl sites for hydroxylation is 1. The summed E-state index contributed by atoms with van der Waals surface area (Å²) in [4.78, 5) is 12.3. The van der Waals surface area contributed by atoms with Crippen molar-refractivity contribution in [1.29, 1.82) is 0 Å². The number of rotatable bonds is 5. The third kappa shape index (κ3) is 2.75. The number of hydrogen-bond donors (Lipinski definition) is 1. The van der Waals surface area contributed by atoms with Crippen LogP contribution in [-0.4, -0.2) is 23.8 Å². The molecule has 126 valence electrons. The maximum absolute atomic E-state index is 12.3. The molecule has 1 fully saturated rings. The number of benzene rings is 1. The molecule has 0 atom stereocenters. The molecule has 5 nitrogen and oxygen atoms in total. The minimum absolute atomic E-state index is 0.0794. The Labute approximate surface area is 141 Å². The Morgan fingerprint density at radius 1 is 1.21 bits per heavy atom. The van der Waals surface area contributed by atoms with Crippen LogP contribution in [0.4, 0.5) is 0 Å². The largest absolute Gasteiger partial charge is 0.454 e. The maximum atomic E-state index is 12.3. The lowest BCUT2D eigenvalue weighted by atomic mass is 10.1. The molecule has 4 rings (SSSR count). The lowest BCUT2D eigenvalue weighted by Crippen LogP contribution is -2.25. The van der Waals surface area contributed by atoms with Crippen LogP contribution in [0.5, 0.6) is 11.5 Å². The van der Waals surface area contributed by atoms with E-state index in [0.717, 1.165) is 6.42 Å². The van der Waals surface area contributed by atoms with Gasteiger partial charge in [0.05, 0.1) is 0 Å². The van der Waals surface area contributed by atoms with E-state index in [1.165, 1.54) is 29.8 Å². The summed E-state index contributed by atoms with van der Waals surface area (Å²) in [7, 11) is 0. The van der Waals surface area contributed by atoms with E-state index in [2.05, 4.69) is 29.8 Å². The van der Waals surface area contributed by atoms with Crippen LogP contribution in [0.1, 0.15) is 46.2 Å². The molecular weight excluding hydrogens is 304 g/mol. The Hall–Kier alpha value is -2.43. The van der Waals surface area contributed by atoms with Crippen molar-refractivity contribution in [3.05, 3.63) is 46.8 Å². The molecule has 1 aromatic carbocycles. The number of carbonyl (C=O) groups is 1. The number of hydrogen-bond acceptors (Lipinski definition) is 3. The molecule has 0 bridgehead atoms. The molecule has 0 spiro atoms. The van der Waals surface area contributed by atoms with Crippen molar-refractivity contribution in [3.63, 3.8) is 0 Å². The van der Waals surface area contributed by atoms with Crippen LogP contribution in [0.2, 0.25) is 0 Å². The minimum atomic E-state index is -0.0794. The lowest BCUT2D eigenvalue weighted by molar-refractivity contribution is 0.0953. The van der Waals surface area contributed by atoms with Crippen LogP contribution in [0.3, 0.4) is 0 Å². The summed E-state index contributed by atoms with van der Waals surface area (Å²) in [5, 5.41) is 2.99. The minimum Gasteiger partial charge on any atom is -0.454 e. The van der Waals surface area contributed by atoms with Crippen molar-refractivity contribution < 1.29 is 14.3 Å². The van der Waals surface area contributed by atoms with Crippen molar-refractivity contribution in [1.82, 2.24) is 9.88 Å². The summed E-state index contributed by atoms with van der Waals surface area (Å²) >= 11 is 0. The van der Waals surface area contributed by atoms with E-state index >= 15 is 0 Å². The number of nitrogens with one attached hydrogen (secondary N) is 1. The molecular formula is C19H22N2O3. The summed E-state index contributed by atoms with van der Waals surface area (Å²) in [5.41, 5.74) is 4.59. The third-order valence-corrected chi connectivity index (χ3v) is 4.82. The molecule has 0 saturated heterocycles. The van der Waals surface area contributed by atoms with Crippen LogP contribution >= 0.6 is 0 Å². The van der Waals surface area contributed by atoms with E-state index in [-0.39, 0.29) is 12.7 Å². The van der Waals surface area contributed by atoms with Crippen LogP contribution in [0.15, 0.2) is 24.3 Å². The number of carbonyl (C=O) groups excluding carboxylic acids is 1. The molecule has 1 aliphatic heterocycles. The van der Waals surface area contributed by atoms with Crippen molar-refractivity contribution >= 4 is 5.91 Å². The Morgan fingerprint density at radius 2 is 2.00 bits per heavy atom. The van der Waals surface area contributed by atoms with Gasteiger partial charge in [0.25, 0.3) is 5.91 Å². The van der Waals surface area contributed by atoms with Gasteiger partial charge < -0.3 is 19.4 Å². The first-order chi connectivity index (χ1) is 11.6. The second-order valence-corrected chi connectivity index (χ2v) is 6.57. The SMILES string of the molecule is Cc1cc(CCNC(=O)c2ccc3c(c2)OCO3)c(C)n1C1CC1. The maximum Gasteiger partial charge on any atom is 0.251 e. The molecule has 1 amide bonds. The van der Waals surface area contributed by atoms with Crippen molar-refractivity contribution in [2.45, 2.75) is 39.2 Å². The van der Waals surface area contributed by atoms with Gasteiger partial charge in [-0.15, -0.1) is 0 Å². The van der Waals surface area contributed by atoms with Gasteiger partial charge >= 0.3 is 0 Å². The van der Waals surface area contributed by atoms with Crippen LogP contribution < -0.4 is 14.8 Å². The van der Waals surface area contributed by atoms with Gasteiger partial charge in [0.2, 0.25) is 6.79 Å². The summed E-state index contributed by atoms with van der Waals surface area (Å²) in [6.07, 6.45) is 3.43. The Kier molecular flexibility index (Phi) is 3.71. The topological polar surface area (TPSA) is 52.5 Å². The van der Waals surface area contributed by atoms with Crippen molar-refractivity contribution in [2.75, 3.05) is 13.3 Å². The van der Waals surface area contributed by atoms with Gasteiger partial charge in [-0.25, -0.2) is 0 Å². The average Bonchev–Trinajstić information content (AvgIpc) is 3.21. The molecule has 1 N–H and O–H groups in total. The van der Waals surface area contributed by atoms with E-state index in [1.807, 2.05) is 0 Å². The normalized spacial score (nSPS) is 15.6. The quantitative estimate of drug-likeness (QED) is 0.918. The molecule has 2 aliphatic rings. The number of aromatic nitrogens is 1. The predicted molar refractivity (Wildman–Crippen MR) is 90.8 cm³/mol. The van der Waals surface area contributed by atoms with Crippen molar-refractivity contribution in [2.24, 2.45) is 0 Å². The number of fused-ring (bicyclic) bond motifs is 1. The highest BCUT2D eigenvalue weighted by molar-refractivity contribution is 5.94. The summed E-state index contributed by atoms with van der Waals surface area (Å²) < 4.78 is 13.0. The predicted octanol–water partition coefficient (Wildman–Crippen LogP) is 3.14. The first-order valence-electron chi connectivity index (χ1n) is 8.48. The Balaban J connectivity index is 1.37. The molecule has 0 unspecified atom stereocenters. The third-order valence-electron chi connectivity index (χ3n) is 4.82. The summed E-state index contributed by atoms with van der Waals surface area (Å²) in [6.45, 7) is 5.19. The van der Waals surface area contributed by atoms with E-state index in [1.54, 1.807) is 18.2 Å². The van der Waals surface area contributed by atoms with E-state index in [0.29, 0.717) is 29.6 Å². The molecule has 0 radical (unpaired) electrons. The fraction of sp³-hybridized carbons (Fsp3) is 0.421. The van der Waals surface area contributed by atoms with Crippen LogP contribution in [-0.2, 0) is 6.42 Å². The van der Waals surface area contributed by atoms with Gasteiger partial charge in [0.1, 0.15) is 0 Å². The number of nitrogens with zero attached hydrogens (tertiary/aromatic N) is 1. The summed E-state index contributed by atoms with van der Waals surface area (Å²) in [6, 6.07) is 8.22. The van der Waals surface area contributed by atoms with Crippen LogP contribution in [0, 0.1) is 13.8 Å². The Morgan fingerprint density at radius 3 is 2.79 bits per heavy atom. The first kappa shape index (κ1) is 15.1. The van der Waals surface area contributed by atoms with Gasteiger partial charge in [-0.05, 0) is 62.9 Å². The standard InChI is InChI=1S/C19H22N2O3/c1-12-9-14(13(2)21(12)16-4-5-16)7-8-20-19(22)15-3-6-17-18(10-15)24-11-23-17/h3,6,9-10,16H,4-5,7-8,11H2,1-2H3,(H,20,22). The molecule has 1 aromatic heterocycles. The monoisotopic (exact) mass is 326 g/mol. The van der Waals surface area contributed by atoms with Gasteiger partial charge in [-0.2, -0.15) is 0 Å². The number of amides is 1. The molecule has 1 aliphatic carbocycles. The molecule has 1 saturated carbocycles. The van der Waals surface area contributed by atoms with E-state index < -0.39 is 0 Å². The highest BCUT2D eigenvalue weighted by atomic mass is 16.7. The zero-order chi connectivity index (χ0) is 16.7. The van der Waals surface area contributed by atoms with Gasteiger partial charge in [-0.3, -0.25) is 4.79 Å². The van der Waals surface area contributed by atoms with Gasteiger partial charge in [0, 0.05) is 29.5 Å². The smallest absolute Gasteiger partial charge is 0.251 e. The molecule has 2 heterocycles. The zero-order valence-electron chi connectivity index (χ0n) is 14.1. The second kappa shape index (κ2) is 5.89. The first-order valence-corrected chi connectivity index (χ1v) is 8.48. The second-order valence-electron chi connectivity index (χ2n) is 6.57. The zero-order valence-corrected chi connectivity index (χ0v) is 14.1. The fourth-order valence-electron chi connectivity index (χ4n) is 3.44. The molecule has 5 heteroatoms.